The lowest BCUT2D eigenvalue weighted by atomic mass is 10.0. The number of carbonyl (C=O) groups excluding carboxylic acids is 2. The molecule has 3 rings (SSSR count). The predicted molar refractivity (Wildman–Crippen MR) is 122 cm³/mol. The van der Waals surface area contributed by atoms with E-state index in [4.69, 9.17) is 4.74 Å². The number of ether oxygens (including phenoxy) is 1. The maximum Gasteiger partial charge on any atom is 0.261 e. The number of halogens is 1. The van der Waals surface area contributed by atoms with Gasteiger partial charge >= 0.3 is 0 Å². The summed E-state index contributed by atoms with van der Waals surface area (Å²) in [5, 5.41) is 2.85. The Balaban J connectivity index is 1.85. The minimum absolute atomic E-state index is 0.220. The fourth-order valence-electron chi connectivity index (χ4n) is 3.38. The van der Waals surface area contributed by atoms with Crippen LogP contribution >= 0.6 is 0 Å². The molecule has 0 spiro atoms. The maximum absolute atomic E-state index is 13.3. The van der Waals surface area contributed by atoms with E-state index in [0.29, 0.717) is 18.7 Å². The number of benzene rings is 3. The van der Waals surface area contributed by atoms with Crippen LogP contribution < -0.4 is 10.1 Å². The molecule has 0 saturated carbocycles. The van der Waals surface area contributed by atoms with Crippen LogP contribution in [0, 0.1) is 5.82 Å². The van der Waals surface area contributed by atoms with Crippen LogP contribution in [0.5, 0.6) is 5.75 Å². The Kier molecular flexibility index (Phi) is 8.37. The Labute approximate surface area is 187 Å². The van der Waals surface area contributed by atoms with E-state index in [1.807, 2.05) is 67.6 Å². The number of rotatable bonds is 10. The van der Waals surface area contributed by atoms with Gasteiger partial charge in [-0.25, -0.2) is 4.39 Å². The molecule has 1 N–H and O–H groups in total. The minimum atomic E-state index is -0.707. The standard InChI is InChI=1S/C26H27FN2O3/c1-2-28-26(31)24(17-20-9-5-3-6-10-20)29(18-21-11-7-4-8-12-21)25(30)19-32-23-15-13-22(27)14-16-23/h3-16,24H,2,17-19H2,1H3,(H,28,31). The number of hydrogen-bond donors (Lipinski definition) is 1. The first-order valence-electron chi connectivity index (χ1n) is 10.6. The van der Waals surface area contributed by atoms with E-state index in [9.17, 15) is 14.0 Å². The van der Waals surface area contributed by atoms with Crippen LogP contribution in [0.3, 0.4) is 0 Å². The van der Waals surface area contributed by atoms with Gasteiger partial charge in [0.15, 0.2) is 6.61 Å². The number of carbonyl (C=O) groups is 2. The summed E-state index contributed by atoms with van der Waals surface area (Å²) < 4.78 is 18.7. The zero-order valence-electron chi connectivity index (χ0n) is 18.0. The van der Waals surface area contributed by atoms with Crippen LogP contribution in [-0.4, -0.2) is 35.9 Å². The van der Waals surface area contributed by atoms with Crippen LogP contribution in [0.1, 0.15) is 18.1 Å². The van der Waals surface area contributed by atoms with E-state index in [0.717, 1.165) is 11.1 Å². The molecule has 0 saturated heterocycles. The largest absolute Gasteiger partial charge is 0.484 e. The summed E-state index contributed by atoms with van der Waals surface area (Å²) in [7, 11) is 0. The van der Waals surface area contributed by atoms with Crippen molar-refractivity contribution in [2.75, 3.05) is 13.2 Å². The second-order valence-corrected chi connectivity index (χ2v) is 7.35. The summed E-state index contributed by atoms with van der Waals surface area (Å²) in [6.07, 6.45) is 0.377. The molecule has 0 aliphatic heterocycles. The van der Waals surface area contributed by atoms with E-state index in [2.05, 4.69) is 5.32 Å². The van der Waals surface area contributed by atoms with Crippen LogP contribution in [0.15, 0.2) is 84.9 Å². The van der Waals surface area contributed by atoms with Crippen molar-refractivity contribution < 1.29 is 18.7 Å². The van der Waals surface area contributed by atoms with E-state index in [-0.39, 0.29) is 30.8 Å². The maximum atomic E-state index is 13.3. The molecule has 166 valence electrons. The summed E-state index contributed by atoms with van der Waals surface area (Å²) in [4.78, 5) is 27.8. The molecule has 0 fully saturated rings. The van der Waals surface area contributed by atoms with E-state index in [1.165, 1.54) is 24.3 Å². The van der Waals surface area contributed by atoms with E-state index >= 15 is 0 Å². The normalized spacial score (nSPS) is 11.4. The fraction of sp³-hybridized carbons (Fsp3) is 0.231. The molecule has 0 aromatic heterocycles. The Bertz CT molecular complexity index is 995. The van der Waals surface area contributed by atoms with Gasteiger partial charge in [-0.1, -0.05) is 60.7 Å². The van der Waals surface area contributed by atoms with Gasteiger partial charge in [0, 0.05) is 19.5 Å². The second kappa shape index (κ2) is 11.6. The van der Waals surface area contributed by atoms with Crippen molar-refractivity contribution in [1.29, 1.82) is 0 Å². The molecule has 5 nitrogen and oxygen atoms in total. The van der Waals surface area contributed by atoms with Gasteiger partial charge in [-0.2, -0.15) is 0 Å². The summed E-state index contributed by atoms with van der Waals surface area (Å²) >= 11 is 0. The van der Waals surface area contributed by atoms with Crippen molar-refractivity contribution >= 4 is 11.8 Å². The molecule has 0 aliphatic rings. The monoisotopic (exact) mass is 434 g/mol. The molecule has 32 heavy (non-hydrogen) atoms. The molecule has 3 aromatic rings. The summed E-state index contributed by atoms with van der Waals surface area (Å²) in [5.74, 6) is -0.543. The third kappa shape index (κ3) is 6.67. The Hall–Kier alpha value is -3.67. The average Bonchev–Trinajstić information content (AvgIpc) is 2.82. The average molecular weight is 435 g/mol. The van der Waals surface area contributed by atoms with Crippen LogP contribution in [0.2, 0.25) is 0 Å². The fourth-order valence-corrected chi connectivity index (χ4v) is 3.38. The van der Waals surface area contributed by atoms with E-state index in [1.54, 1.807) is 4.90 Å². The number of hydrogen-bond acceptors (Lipinski definition) is 3. The number of amides is 2. The Morgan fingerprint density at radius 3 is 2.09 bits per heavy atom. The topological polar surface area (TPSA) is 58.6 Å². The first-order chi connectivity index (χ1) is 15.6. The van der Waals surface area contributed by atoms with Gasteiger partial charge in [-0.15, -0.1) is 0 Å². The Morgan fingerprint density at radius 2 is 1.50 bits per heavy atom. The van der Waals surface area contributed by atoms with Crippen molar-refractivity contribution in [2.24, 2.45) is 0 Å². The SMILES string of the molecule is CCNC(=O)C(Cc1ccccc1)N(Cc1ccccc1)C(=O)COc1ccc(F)cc1. The molecule has 6 heteroatoms. The van der Waals surface area contributed by atoms with Crippen molar-refractivity contribution in [1.82, 2.24) is 10.2 Å². The molecule has 0 radical (unpaired) electrons. The summed E-state index contributed by atoms with van der Waals surface area (Å²) in [6.45, 7) is 2.31. The van der Waals surface area contributed by atoms with Crippen molar-refractivity contribution in [3.05, 3.63) is 102 Å². The highest BCUT2D eigenvalue weighted by atomic mass is 19.1. The lowest BCUT2D eigenvalue weighted by molar-refractivity contribution is -0.142. The highest BCUT2D eigenvalue weighted by Crippen LogP contribution is 2.16. The smallest absolute Gasteiger partial charge is 0.261 e. The Morgan fingerprint density at radius 1 is 0.906 bits per heavy atom. The van der Waals surface area contributed by atoms with Crippen molar-refractivity contribution in [3.8, 4) is 5.75 Å². The van der Waals surface area contributed by atoms with Gasteiger partial charge in [0.05, 0.1) is 0 Å². The van der Waals surface area contributed by atoms with Gasteiger partial charge in [0.1, 0.15) is 17.6 Å². The molecule has 0 heterocycles. The highest BCUT2D eigenvalue weighted by Gasteiger charge is 2.30. The van der Waals surface area contributed by atoms with Crippen LogP contribution in [0.25, 0.3) is 0 Å². The third-order valence-electron chi connectivity index (χ3n) is 4.99. The van der Waals surface area contributed by atoms with Crippen molar-refractivity contribution in [2.45, 2.75) is 25.9 Å². The van der Waals surface area contributed by atoms with Gasteiger partial charge in [-0.3, -0.25) is 9.59 Å². The molecular weight excluding hydrogens is 407 g/mol. The molecule has 1 unspecified atom stereocenters. The zero-order valence-corrected chi connectivity index (χ0v) is 18.0. The lowest BCUT2D eigenvalue weighted by Gasteiger charge is -2.31. The predicted octanol–water partition coefficient (Wildman–Crippen LogP) is 3.98. The summed E-state index contributed by atoms with van der Waals surface area (Å²) in [5.41, 5.74) is 1.86. The summed E-state index contributed by atoms with van der Waals surface area (Å²) in [6, 6.07) is 23.9. The zero-order chi connectivity index (χ0) is 22.8. The van der Waals surface area contributed by atoms with Gasteiger partial charge < -0.3 is 15.0 Å². The van der Waals surface area contributed by atoms with Crippen LogP contribution in [0.4, 0.5) is 4.39 Å². The quantitative estimate of drug-likeness (QED) is 0.525. The molecule has 0 bridgehead atoms. The van der Waals surface area contributed by atoms with Gasteiger partial charge in [0.25, 0.3) is 5.91 Å². The lowest BCUT2D eigenvalue weighted by Crippen LogP contribution is -2.51. The molecule has 2 amide bonds. The molecule has 3 aromatic carbocycles. The third-order valence-corrected chi connectivity index (χ3v) is 4.99. The molecular formula is C26H27FN2O3. The van der Waals surface area contributed by atoms with Gasteiger partial charge in [-0.05, 0) is 42.3 Å². The van der Waals surface area contributed by atoms with Crippen LogP contribution in [-0.2, 0) is 22.6 Å². The minimum Gasteiger partial charge on any atom is -0.484 e. The first-order valence-corrected chi connectivity index (χ1v) is 10.6. The molecule has 0 aliphatic carbocycles. The number of nitrogens with one attached hydrogen (secondary N) is 1. The number of nitrogens with zero attached hydrogens (tertiary/aromatic N) is 1. The van der Waals surface area contributed by atoms with Crippen molar-refractivity contribution in [3.63, 3.8) is 0 Å². The number of likely N-dealkylation sites (N-methyl/N-ethyl adjacent to an activating group) is 1. The van der Waals surface area contributed by atoms with Gasteiger partial charge in [0.2, 0.25) is 5.91 Å². The van der Waals surface area contributed by atoms with E-state index < -0.39 is 6.04 Å². The highest BCUT2D eigenvalue weighted by molar-refractivity contribution is 5.88. The molecule has 1 atom stereocenters. The first kappa shape index (κ1) is 23.0. The second-order valence-electron chi connectivity index (χ2n) is 7.35.